The van der Waals surface area contributed by atoms with Gasteiger partial charge in [0.05, 0.1) is 24.3 Å². The average Bonchev–Trinajstić information content (AvgIpc) is 2.59. The number of alkyl halides is 1. The van der Waals surface area contributed by atoms with Crippen LogP contribution in [0.2, 0.25) is 0 Å². The van der Waals surface area contributed by atoms with Gasteiger partial charge in [-0.25, -0.2) is 0 Å². The molecule has 0 radical (unpaired) electrons. The van der Waals surface area contributed by atoms with Gasteiger partial charge in [-0.2, -0.15) is 0 Å². The standard InChI is InChI=1S/C13H12BrNO3/c14-5-13(7-18-8-13)6-15-11(16)9-3-1-2-4-10(9)12(15)17/h1-4H,5-8H2. The van der Waals surface area contributed by atoms with Crippen LogP contribution in [0, 0.1) is 5.41 Å². The molecule has 5 heteroatoms. The van der Waals surface area contributed by atoms with Gasteiger partial charge in [-0.3, -0.25) is 14.5 Å². The maximum atomic E-state index is 12.2. The number of benzene rings is 1. The first-order chi connectivity index (χ1) is 8.67. The third-order valence-electron chi connectivity index (χ3n) is 3.47. The third-order valence-corrected chi connectivity index (χ3v) is 4.66. The van der Waals surface area contributed by atoms with Crippen LogP contribution in [0.4, 0.5) is 0 Å². The van der Waals surface area contributed by atoms with Crippen molar-refractivity contribution in [2.45, 2.75) is 0 Å². The molecule has 0 bridgehead atoms. The van der Waals surface area contributed by atoms with Crippen LogP contribution in [0.3, 0.4) is 0 Å². The minimum absolute atomic E-state index is 0.118. The van der Waals surface area contributed by atoms with E-state index in [1.807, 2.05) is 0 Å². The molecular formula is C13H12BrNO3. The third kappa shape index (κ3) is 1.61. The van der Waals surface area contributed by atoms with E-state index in [0.717, 1.165) is 5.33 Å². The van der Waals surface area contributed by atoms with Crippen molar-refractivity contribution in [3.63, 3.8) is 0 Å². The molecule has 18 heavy (non-hydrogen) atoms. The van der Waals surface area contributed by atoms with Crippen molar-refractivity contribution in [1.82, 2.24) is 4.90 Å². The fraction of sp³-hybridized carbons (Fsp3) is 0.385. The number of imide groups is 1. The zero-order chi connectivity index (χ0) is 12.8. The molecule has 1 aromatic carbocycles. The molecule has 2 amide bonds. The number of nitrogens with zero attached hydrogens (tertiary/aromatic N) is 1. The molecule has 2 aliphatic heterocycles. The molecule has 94 valence electrons. The Morgan fingerprint density at radius 1 is 1.17 bits per heavy atom. The Morgan fingerprint density at radius 3 is 2.11 bits per heavy atom. The number of amides is 2. The Hall–Kier alpha value is -1.20. The van der Waals surface area contributed by atoms with E-state index in [0.29, 0.717) is 30.9 Å². The predicted molar refractivity (Wildman–Crippen MR) is 68.9 cm³/mol. The van der Waals surface area contributed by atoms with Crippen LogP contribution in [-0.4, -0.2) is 41.8 Å². The van der Waals surface area contributed by atoms with E-state index in [9.17, 15) is 9.59 Å². The van der Waals surface area contributed by atoms with Crippen LogP contribution in [0.5, 0.6) is 0 Å². The lowest BCUT2D eigenvalue weighted by atomic mass is 9.88. The van der Waals surface area contributed by atoms with Crippen LogP contribution in [0.15, 0.2) is 24.3 Å². The Labute approximate surface area is 113 Å². The van der Waals surface area contributed by atoms with E-state index in [2.05, 4.69) is 15.9 Å². The van der Waals surface area contributed by atoms with Crippen molar-refractivity contribution in [2.24, 2.45) is 5.41 Å². The fourth-order valence-corrected chi connectivity index (χ4v) is 2.82. The highest BCUT2D eigenvalue weighted by Crippen LogP contribution is 2.33. The molecule has 0 aromatic heterocycles. The van der Waals surface area contributed by atoms with Crippen molar-refractivity contribution in [3.8, 4) is 0 Å². The molecule has 2 heterocycles. The van der Waals surface area contributed by atoms with Gasteiger partial charge in [-0.1, -0.05) is 28.1 Å². The molecule has 0 N–H and O–H groups in total. The highest BCUT2D eigenvalue weighted by atomic mass is 79.9. The molecule has 2 aliphatic rings. The largest absolute Gasteiger partial charge is 0.380 e. The predicted octanol–water partition coefficient (Wildman–Crippen LogP) is 1.69. The molecule has 0 saturated carbocycles. The number of ether oxygens (including phenoxy) is 1. The van der Waals surface area contributed by atoms with Gasteiger partial charge in [0.25, 0.3) is 11.8 Å². The van der Waals surface area contributed by atoms with E-state index in [1.54, 1.807) is 24.3 Å². The summed E-state index contributed by atoms with van der Waals surface area (Å²) < 4.78 is 5.21. The van der Waals surface area contributed by atoms with E-state index >= 15 is 0 Å². The van der Waals surface area contributed by atoms with Gasteiger partial charge in [0.2, 0.25) is 0 Å². The van der Waals surface area contributed by atoms with Crippen molar-refractivity contribution < 1.29 is 14.3 Å². The first-order valence-electron chi connectivity index (χ1n) is 5.76. The molecule has 4 nitrogen and oxygen atoms in total. The summed E-state index contributed by atoms with van der Waals surface area (Å²) in [6.07, 6.45) is 0. The summed E-state index contributed by atoms with van der Waals surface area (Å²) in [4.78, 5) is 25.7. The number of fused-ring (bicyclic) bond motifs is 1. The molecule has 1 fully saturated rings. The fourth-order valence-electron chi connectivity index (χ4n) is 2.32. The normalized spacial score (nSPS) is 20.8. The van der Waals surface area contributed by atoms with Crippen LogP contribution in [-0.2, 0) is 4.74 Å². The summed E-state index contributed by atoms with van der Waals surface area (Å²) in [5.41, 5.74) is 0.896. The molecule has 1 saturated heterocycles. The number of carbonyl (C=O) groups is 2. The van der Waals surface area contributed by atoms with Crippen LogP contribution in [0.25, 0.3) is 0 Å². The van der Waals surface area contributed by atoms with Gasteiger partial charge in [-0.05, 0) is 12.1 Å². The smallest absolute Gasteiger partial charge is 0.261 e. The summed E-state index contributed by atoms with van der Waals surface area (Å²) in [7, 11) is 0. The number of halogens is 1. The first kappa shape index (κ1) is 11.9. The van der Waals surface area contributed by atoms with E-state index in [4.69, 9.17) is 4.74 Å². The maximum absolute atomic E-state index is 12.2. The minimum atomic E-state index is -0.192. The highest BCUT2D eigenvalue weighted by Gasteiger charge is 2.45. The molecular weight excluding hydrogens is 298 g/mol. The minimum Gasteiger partial charge on any atom is -0.380 e. The Morgan fingerprint density at radius 2 is 1.72 bits per heavy atom. The average molecular weight is 310 g/mol. The van der Waals surface area contributed by atoms with Gasteiger partial charge < -0.3 is 4.74 Å². The molecule has 1 aromatic rings. The molecule has 0 atom stereocenters. The van der Waals surface area contributed by atoms with Crippen LogP contribution in [0.1, 0.15) is 20.7 Å². The number of hydrogen-bond acceptors (Lipinski definition) is 3. The second-order valence-electron chi connectivity index (χ2n) is 4.87. The Balaban J connectivity index is 1.88. The number of rotatable bonds is 3. The SMILES string of the molecule is O=C1c2ccccc2C(=O)N1CC1(CBr)COC1. The van der Waals surface area contributed by atoms with Gasteiger partial charge in [-0.15, -0.1) is 0 Å². The zero-order valence-electron chi connectivity index (χ0n) is 9.69. The molecule has 3 rings (SSSR count). The monoisotopic (exact) mass is 309 g/mol. The first-order valence-corrected chi connectivity index (χ1v) is 6.88. The highest BCUT2D eigenvalue weighted by molar-refractivity contribution is 9.09. The Kier molecular flexibility index (Phi) is 2.75. The second kappa shape index (κ2) is 4.17. The van der Waals surface area contributed by atoms with Crippen molar-refractivity contribution >= 4 is 27.7 Å². The second-order valence-corrected chi connectivity index (χ2v) is 5.43. The van der Waals surface area contributed by atoms with E-state index < -0.39 is 0 Å². The van der Waals surface area contributed by atoms with Gasteiger partial charge in [0.15, 0.2) is 0 Å². The topological polar surface area (TPSA) is 46.6 Å². The van der Waals surface area contributed by atoms with Crippen molar-refractivity contribution in [3.05, 3.63) is 35.4 Å². The van der Waals surface area contributed by atoms with Crippen molar-refractivity contribution in [1.29, 1.82) is 0 Å². The lowest BCUT2D eigenvalue weighted by Gasteiger charge is -2.41. The summed E-state index contributed by atoms with van der Waals surface area (Å²) in [6.45, 7) is 1.60. The Bertz CT molecular complexity index is 484. The summed E-state index contributed by atoms with van der Waals surface area (Å²) in [5, 5.41) is 0.730. The van der Waals surface area contributed by atoms with Gasteiger partial charge >= 0.3 is 0 Å². The lowest BCUT2D eigenvalue weighted by molar-refractivity contribution is -0.103. The quantitative estimate of drug-likeness (QED) is 0.630. The molecule has 0 aliphatic carbocycles. The molecule has 0 unspecified atom stereocenters. The molecule has 0 spiro atoms. The van der Waals surface area contributed by atoms with Gasteiger partial charge in [0.1, 0.15) is 0 Å². The van der Waals surface area contributed by atoms with Crippen molar-refractivity contribution in [2.75, 3.05) is 25.1 Å². The number of hydrogen-bond donors (Lipinski definition) is 0. The number of carbonyl (C=O) groups excluding carboxylic acids is 2. The van der Waals surface area contributed by atoms with Crippen LogP contribution >= 0.6 is 15.9 Å². The van der Waals surface area contributed by atoms with E-state index in [1.165, 1.54) is 4.90 Å². The van der Waals surface area contributed by atoms with E-state index in [-0.39, 0.29) is 17.2 Å². The van der Waals surface area contributed by atoms with Crippen LogP contribution < -0.4 is 0 Å². The van der Waals surface area contributed by atoms with Gasteiger partial charge in [0, 0.05) is 17.3 Å². The maximum Gasteiger partial charge on any atom is 0.261 e. The lowest BCUT2D eigenvalue weighted by Crippen LogP contribution is -2.53. The summed E-state index contributed by atoms with van der Waals surface area (Å²) >= 11 is 3.44. The summed E-state index contributed by atoms with van der Waals surface area (Å²) in [5.74, 6) is -0.384. The zero-order valence-corrected chi connectivity index (χ0v) is 11.3. The summed E-state index contributed by atoms with van der Waals surface area (Å²) in [6, 6.07) is 6.96.